The van der Waals surface area contributed by atoms with Crippen LogP contribution in [0.4, 0.5) is 0 Å². The molecule has 1 aromatic heterocycles. The van der Waals surface area contributed by atoms with E-state index in [0.717, 1.165) is 5.69 Å². The summed E-state index contributed by atoms with van der Waals surface area (Å²) < 4.78 is 1.66. The monoisotopic (exact) mass is 176 g/mol. The standard InChI is InChI=1S/C10H12N2O/c1-4-5-6-12-10(9(3)13)7-8(2)11-12/h1,7H,5-6H2,2-3H3. The molecule has 0 fully saturated rings. The second kappa shape index (κ2) is 3.90. The van der Waals surface area contributed by atoms with Crippen molar-refractivity contribution in [2.45, 2.75) is 26.8 Å². The average Bonchev–Trinajstić information content (AvgIpc) is 2.43. The molecule has 1 aromatic rings. The zero-order valence-corrected chi connectivity index (χ0v) is 7.87. The Morgan fingerprint density at radius 2 is 2.46 bits per heavy atom. The molecular formula is C10H12N2O. The van der Waals surface area contributed by atoms with Crippen LogP contribution in [0.25, 0.3) is 0 Å². The molecule has 68 valence electrons. The highest BCUT2D eigenvalue weighted by Gasteiger charge is 2.08. The first-order valence-corrected chi connectivity index (χ1v) is 4.14. The minimum Gasteiger partial charge on any atom is -0.293 e. The number of hydrogen-bond donors (Lipinski definition) is 0. The van der Waals surface area contributed by atoms with E-state index in [4.69, 9.17) is 6.42 Å². The number of aromatic nitrogens is 2. The Balaban J connectivity index is 2.92. The van der Waals surface area contributed by atoms with Crippen molar-refractivity contribution in [3.63, 3.8) is 0 Å². The quantitative estimate of drug-likeness (QED) is 0.515. The van der Waals surface area contributed by atoms with Crippen molar-refractivity contribution in [2.24, 2.45) is 0 Å². The van der Waals surface area contributed by atoms with Crippen LogP contribution < -0.4 is 0 Å². The maximum atomic E-state index is 11.1. The third-order valence-corrected chi connectivity index (χ3v) is 1.73. The van der Waals surface area contributed by atoms with Crippen molar-refractivity contribution in [1.82, 2.24) is 9.78 Å². The van der Waals surface area contributed by atoms with Gasteiger partial charge in [-0.3, -0.25) is 9.48 Å². The van der Waals surface area contributed by atoms with Crippen LogP contribution in [-0.2, 0) is 6.54 Å². The molecule has 0 radical (unpaired) electrons. The molecule has 0 aliphatic carbocycles. The molecule has 3 heteroatoms. The lowest BCUT2D eigenvalue weighted by Crippen LogP contribution is -2.07. The summed E-state index contributed by atoms with van der Waals surface area (Å²) in [5.41, 5.74) is 1.48. The molecule has 1 heterocycles. The predicted octanol–water partition coefficient (Wildman–Crippen LogP) is 1.42. The van der Waals surface area contributed by atoms with E-state index in [1.807, 2.05) is 6.92 Å². The van der Waals surface area contributed by atoms with E-state index in [9.17, 15) is 4.79 Å². The van der Waals surface area contributed by atoms with Crippen LogP contribution in [0.15, 0.2) is 6.07 Å². The molecule has 0 atom stereocenters. The molecule has 0 aromatic carbocycles. The van der Waals surface area contributed by atoms with E-state index in [0.29, 0.717) is 18.7 Å². The fraction of sp³-hybridized carbons (Fsp3) is 0.400. The van der Waals surface area contributed by atoms with Crippen LogP contribution in [0.5, 0.6) is 0 Å². The van der Waals surface area contributed by atoms with Crippen molar-refractivity contribution >= 4 is 5.78 Å². The van der Waals surface area contributed by atoms with Gasteiger partial charge in [0.25, 0.3) is 0 Å². The van der Waals surface area contributed by atoms with Gasteiger partial charge in [0.1, 0.15) is 5.69 Å². The summed E-state index contributed by atoms with van der Waals surface area (Å²) in [5, 5.41) is 4.17. The second-order valence-electron chi connectivity index (χ2n) is 2.90. The summed E-state index contributed by atoms with van der Waals surface area (Å²) in [7, 11) is 0. The third kappa shape index (κ3) is 2.19. The van der Waals surface area contributed by atoms with E-state index in [1.54, 1.807) is 10.7 Å². The lowest BCUT2D eigenvalue weighted by Gasteiger charge is -2.00. The largest absolute Gasteiger partial charge is 0.293 e. The van der Waals surface area contributed by atoms with Crippen LogP contribution in [0.2, 0.25) is 0 Å². The van der Waals surface area contributed by atoms with E-state index >= 15 is 0 Å². The number of nitrogens with zero attached hydrogens (tertiary/aromatic N) is 2. The zero-order chi connectivity index (χ0) is 9.84. The third-order valence-electron chi connectivity index (χ3n) is 1.73. The van der Waals surface area contributed by atoms with Gasteiger partial charge in [0, 0.05) is 13.3 Å². The Labute approximate surface area is 77.8 Å². The minimum atomic E-state index is 0.0256. The molecule has 0 amide bonds. The molecule has 0 aliphatic heterocycles. The van der Waals surface area contributed by atoms with E-state index in [-0.39, 0.29) is 5.78 Å². The number of Topliss-reactive ketones (excluding diaryl/α,β-unsaturated/α-hetero) is 1. The van der Waals surface area contributed by atoms with Gasteiger partial charge in [0.2, 0.25) is 0 Å². The van der Waals surface area contributed by atoms with Gasteiger partial charge in [-0.15, -0.1) is 12.3 Å². The Morgan fingerprint density at radius 1 is 1.77 bits per heavy atom. The van der Waals surface area contributed by atoms with Gasteiger partial charge in [0.15, 0.2) is 5.78 Å². The highest BCUT2D eigenvalue weighted by Crippen LogP contribution is 2.05. The average molecular weight is 176 g/mol. The second-order valence-corrected chi connectivity index (χ2v) is 2.90. The maximum absolute atomic E-state index is 11.1. The molecule has 0 spiro atoms. The van der Waals surface area contributed by atoms with Crippen molar-refractivity contribution < 1.29 is 4.79 Å². The molecule has 3 nitrogen and oxygen atoms in total. The fourth-order valence-electron chi connectivity index (χ4n) is 1.17. The number of ketones is 1. The number of carbonyl (C=O) groups is 1. The molecule has 0 N–H and O–H groups in total. The Morgan fingerprint density at radius 3 is 3.00 bits per heavy atom. The fourth-order valence-corrected chi connectivity index (χ4v) is 1.17. The molecule has 0 saturated heterocycles. The first kappa shape index (κ1) is 9.53. The van der Waals surface area contributed by atoms with Crippen LogP contribution in [0.3, 0.4) is 0 Å². The number of aryl methyl sites for hydroxylation is 2. The lowest BCUT2D eigenvalue weighted by atomic mass is 10.3. The molecular weight excluding hydrogens is 164 g/mol. The van der Waals surface area contributed by atoms with Crippen molar-refractivity contribution in [2.75, 3.05) is 0 Å². The first-order chi connectivity index (χ1) is 6.15. The molecule has 0 bridgehead atoms. The predicted molar refractivity (Wildman–Crippen MR) is 50.4 cm³/mol. The van der Waals surface area contributed by atoms with Crippen LogP contribution in [0, 0.1) is 19.3 Å². The van der Waals surface area contributed by atoms with Gasteiger partial charge in [-0.2, -0.15) is 5.10 Å². The summed E-state index contributed by atoms with van der Waals surface area (Å²) in [5.74, 6) is 2.55. The van der Waals surface area contributed by atoms with Crippen molar-refractivity contribution in [1.29, 1.82) is 0 Å². The van der Waals surface area contributed by atoms with E-state index in [2.05, 4.69) is 11.0 Å². The highest BCUT2D eigenvalue weighted by molar-refractivity contribution is 5.92. The van der Waals surface area contributed by atoms with Gasteiger partial charge in [-0.1, -0.05) is 0 Å². The normalized spacial score (nSPS) is 9.62. The maximum Gasteiger partial charge on any atom is 0.177 e. The van der Waals surface area contributed by atoms with Gasteiger partial charge >= 0.3 is 0 Å². The van der Waals surface area contributed by atoms with Crippen molar-refractivity contribution in [3.8, 4) is 12.3 Å². The van der Waals surface area contributed by atoms with Crippen molar-refractivity contribution in [3.05, 3.63) is 17.5 Å². The Hall–Kier alpha value is -1.56. The Kier molecular flexibility index (Phi) is 2.86. The summed E-state index contributed by atoms with van der Waals surface area (Å²) in [6.07, 6.45) is 5.73. The summed E-state index contributed by atoms with van der Waals surface area (Å²) in [4.78, 5) is 11.1. The highest BCUT2D eigenvalue weighted by atomic mass is 16.1. The lowest BCUT2D eigenvalue weighted by molar-refractivity contribution is 0.100. The van der Waals surface area contributed by atoms with Gasteiger partial charge < -0.3 is 0 Å². The molecule has 0 aliphatic rings. The Bertz CT molecular complexity index is 357. The smallest absolute Gasteiger partial charge is 0.177 e. The number of terminal acetylenes is 1. The molecule has 0 unspecified atom stereocenters. The topological polar surface area (TPSA) is 34.9 Å². The van der Waals surface area contributed by atoms with Crippen LogP contribution >= 0.6 is 0 Å². The summed E-state index contributed by atoms with van der Waals surface area (Å²) in [6, 6.07) is 1.78. The van der Waals surface area contributed by atoms with Gasteiger partial charge in [-0.25, -0.2) is 0 Å². The van der Waals surface area contributed by atoms with Crippen LogP contribution in [0.1, 0.15) is 29.5 Å². The number of carbonyl (C=O) groups excluding carboxylic acids is 1. The molecule has 1 rings (SSSR count). The minimum absolute atomic E-state index is 0.0256. The van der Waals surface area contributed by atoms with Gasteiger partial charge in [0.05, 0.1) is 12.2 Å². The van der Waals surface area contributed by atoms with E-state index in [1.165, 1.54) is 6.92 Å². The summed E-state index contributed by atoms with van der Waals surface area (Å²) >= 11 is 0. The number of hydrogen-bond acceptors (Lipinski definition) is 2. The first-order valence-electron chi connectivity index (χ1n) is 4.14. The zero-order valence-electron chi connectivity index (χ0n) is 7.87. The van der Waals surface area contributed by atoms with E-state index < -0.39 is 0 Å². The van der Waals surface area contributed by atoms with Gasteiger partial charge in [-0.05, 0) is 13.0 Å². The number of rotatable bonds is 3. The molecule has 0 saturated carbocycles. The van der Waals surface area contributed by atoms with Crippen LogP contribution in [-0.4, -0.2) is 15.6 Å². The SMILES string of the molecule is C#CCCn1nc(C)cc1C(C)=O. The molecule has 13 heavy (non-hydrogen) atoms. The summed E-state index contributed by atoms with van der Waals surface area (Å²) in [6.45, 7) is 4.00.